The second-order valence-electron chi connectivity index (χ2n) is 4.56. The molecule has 1 aromatic rings. The van der Waals surface area contributed by atoms with Crippen LogP contribution in [0.4, 0.5) is 0 Å². The molecule has 1 aromatic carbocycles. The van der Waals surface area contributed by atoms with E-state index in [-0.39, 0.29) is 0 Å². The number of ether oxygens (including phenoxy) is 1. The van der Waals surface area contributed by atoms with Crippen LogP contribution in [-0.4, -0.2) is 13.8 Å². The van der Waals surface area contributed by atoms with Gasteiger partial charge in [-0.1, -0.05) is 36.9 Å². The van der Waals surface area contributed by atoms with Crippen molar-refractivity contribution in [3.63, 3.8) is 0 Å². The van der Waals surface area contributed by atoms with Gasteiger partial charge in [-0.05, 0) is 37.5 Å². The number of benzene rings is 1. The molecule has 0 N–H and O–H groups in total. The van der Waals surface area contributed by atoms with E-state index in [1.54, 1.807) is 7.11 Å². The van der Waals surface area contributed by atoms with Crippen molar-refractivity contribution in [1.29, 1.82) is 0 Å². The first-order valence-electron chi connectivity index (χ1n) is 6.23. The zero-order valence-corrected chi connectivity index (χ0v) is 10.9. The Balaban J connectivity index is 2.25. The highest BCUT2D eigenvalue weighted by Gasteiger charge is 2.23. The van der Waals surface area contributed by atoms with E-state index < -0.39 is 0 Å². The van der Waals surface area contributed by atoms with Crippen molar-refractivity contribution >= 4 is 6.72 Å². The average Bonchev–Trinajstić information content (AvgIpc) is 2.46. The van der Waals surface area contributed by atoms with Crippen LogP contribution in [0, 0.1) is 0 Å². The van der Waals surface area contributed by atoms with Crippen LogP contribution in [0.25, 0.3) is 0 Å². The third kappa shape index (κ3) is 2.53. The summed E-state index contributed by atoms with van der Waals surface area (Å²) in [7, 11) is 1.65. The Morgan fingerprint density at radius 2 is 2.06 bits per heavy atom. The number of hydrogen-bond donors (Lipinski definition) is 0. The van der Waals surface area contributed by atoms with E-state index in [1.165, 1.54) is 5.56 Å². The summed E-state index contributed by atoms with van der Waals surface area (Å²) < 4.78 is 5.27. The summed E-state index contributed by atoms with van der Waals surface area (Å²) in [6.07, 6.45) is 2.99. The zero-order chi connectivity index (χ0) is 13.0. The maximum Gasteiger partial charge on any atom is 0.116 e. The van der Waals surface area contributed by atoms with Gasteiger partial charge in [0.25, 0.3) is 0 Å². The highest BCUT2D eigenvalue weighted by atomic mass is 16.5. The molecule has 2 nitrogen and oxygen atoms in total. The average molecular weight is 241 g/mol. The van der Waals surface area contributed by atoms with E-state index in [0.717, 1.165) is 36.3 Å². The molecule has 18 heavy (non-hydrogen) atoms. The Morgan fingerprint density at radius 1 is 1.33 bits per heavy atom. The van der Waals surface area contributed by atoms with Crippen molar-refractivity contribution in [1.82, 2.24) is 0 Å². The molecular formula is C16H19NO. The van der Waals surface area contributed by atoms with Crippen LogP contribution in [0.15, 0.2) is 58.9 Å². The lowest BCUT2D eigenvalue weighted by molar-refractivity contribution is 0.295. The Bertz CT molecular complexity index is 473. The summed E-state index contributed by atoms with van der Waals surface area (Å²) in [5, 5.41) is 0. The molecule has 1 atom stereocenters. The lowest BCUT2D eigenvalue weighted by Gasteiger charge is -2.26. The van der Waals surface area contributed by atoms with Gasteiger partial charge in [0.1, 0.15) is 5.76 Å². The summed E-state index contributed by atoms with van der Waals surface area (Å²) >= 11 is 0. The Labute approximate surface area is 109 Å². The van der Waals surface area contributed by atoms with E-state index >= 15 is 0 Å². The molecule has 0 heterocycles. The number of allylic oxidation sites excluding steroid dienone is 2. The normalized spacial score (nSPS) is 19.5. The van der Waals surface area contributed by atoms with Crippen molar-refractivity contribution in [2.75, 3.05) is 7.11 Å². The largest absolute Gasteiger partial charge is 0.497 e. The van der Waals surface area contributed by atoms with E-state index in [2.05, 4.69) is 42.6 Å². The molecule has 0 saturated heterocycles. The van der Waals surface area contributed by atoms with Gasteiger partial charge in [-0.15, -0.1) is 0 Å². The molecule has 0 saturated carbocycles. The number of rotatable bonds is 4. The fourth-order valence-electron chi connectivity index (χ4n) is 2.51. The summed E-state index contributed by atoms with van der Waals surface area (Å²) in [5.74, 6) is 1.25. The third-order valence-corrected chi connectivity index (χ3v) is 3.57. The van der Waals surface area contributed by atoms with Crippen LogP contribution in [-0.2, 0) is 4.74 Å². The number of aliphatic imine (C=N–C) groups is 1. The first-order chi connectivity index (χ1) is 8.76. The molecule has 0 aromatic heterocycles. The molecule has 1 unspecified atom stereocenters. The molecule has 1 aliphatic carbocycles. The molecule has 2 heteroatoms. The fourth-order valence-corrected chi connectivity index (χ4v) is 2.51. The van der Waals surface area contributed by atoms with Gasteiger partial charge in [0.05, 0.1) is 7.11 Å². The van der Waals surface area contributed by atoms with Gasteiger partial charge in [-0.2, -0.15) is 0 Å². The molecule has 0 spiro atoms. The zero-order valence-electron chi connectivity index (χ0n) is 10.9. The summed E-state index contributed by atoms with van der Waals surface area (Å²) in [5.41, 5.74) is 3.53. The second-order valence-corrected chi connectivity index (χ2v) is 4.56. The van der Waals surface area contributed by atoms with Crippen molar-refractivity contribution in [3.8, 4) is 0 Å². The number of methoxy groups -OCH3 is 1. The molecule has 94 valence electrons. The molecule has 2 rings (SSSR count). The van der Waals surface area contributed by atoms with E-state index in [9.17, 15) is 0 Å². The first-order valence-corrected chi connectivity index (χ1v) is 6.23. The summed E-state index contributed by atoms with van der Waals surface area (Å²) in [4.78, 5) is 4.11. The second kappa shape index (κ2) is 5.67. The minimum absolute atomic E-state index is 0.526. The minimum atomic E-state index is 0.526. The van der Waals surface area contributed by atoms with E-state index in [4.69, 9.17) is 4.74 Å². The van der Waals surface area contributed by atoms with Crippen molar-refractivity contribution in [3.05, 3.63) is 59.5 Å². The molecule has 0 fully saturated rings. The van der Waals surface area contributed by atoms with Crippen LogP contribution in [0.1, 0.15) is 30.7 Å². The Hall–Kier alpha value is -1.83. The van der Waals surface area contributed by atoms with E-state index in [1.807, 2.05) is 6.07 Å². The molecular weight excluding hydrogens is 222 g/mol. The van der Waals surface area contributed by atoms with Crippen molar-refractivity contribution in [2.24, 2.45) is 4.99 Å². The van der Waals surface area contributed by atoms with E-state index in [0.29, 0.717) is 5.92 Å². The van der Waals surface area contributed by atoms with Crippen LogP contribution in [0.3, 0.4) is 0 Å². The summed E-state index contributed by atoms with van der Waals surface area (Å²) in [6.45, 7) is 7.60. The topological polar surface area (TPSA) is 21.6 Å². The lowest BCUT2D eigenvalue weighted by Crippen LogP contribution is -2.10. The number of nitrogens with zero attached hydrogens (tertiary/aromatic N) is 1. The quantitative estimate of drug-likeness (QED) is 0.575. The van der Waals surface area contributed by atoms with Crippen molar-refractivity contribution < 1.29 is 4.74 Å². The summed E-state index contributed by atoms with van der Waals surface area (Å²) in [6, 6.07) is 10.6. The van der Waals surface area contributed by atoms with Gasteiger partial charge in [0.15, 0.2) is 0 Å². The Kier molecular flexibility index (Phi) is 3.98. The van der Waals surface area contributed by atoms with Crippen LogP contribution in [0.5, 0.6) is 0 Å². The molecule has 0 bridgehead atoms. The van der Waals surface area contributed by atoms with Crippen LogP contribution in [0.2, 0.25) is 0 Å². The maximum absolute atomic E-state index is 5.27. The van der Waals surface area contributed by atoms with Gasteiger partial charge in [-0.25, -0.2) is 0 Å². The lowest BCUT2D eigenvalue weighted by atomic mass is 9.82. The standard InChI is InChI=1S/C16H19NO/c1-12(18-3)15-11-14(9-10-16(15)17-2)13-7-5-4-6-8-13/h4-8,14H,1-2,9-11H2,3H3. The maximum atomic E-state index is 5.27. The fraction of sp³-hybridized carbons (Fsp3) is 0.312. The Morgan fingerprint density at radius 3 is 2.67 bits per heavy atom. The predicted molar refractivity (Wildman–Crippen MR) is 75.8 cm³/mol. The van der Waals surface area contributed by atoms with Crippen LogP contribution >= 0.6 is 0 Å². The minimum Gasteiger partial charge on any atom is -0.497 e. The van der Waals surface area contributed by atoms with Gasteiger partial charge in [-0.3, -0.25) is 4.99 Å². The SMILES string of the molecule is C=NC1=C(C(=C)OC)CC(c2ccccc2)CC1. The van der Waals surface area contributed by atoms with Gasteiger partial charge in [0.2, 0.25) is 0 Å². The van der Waals surface area contributed by atoms with Gasteiger partial charge in [0, 0.05) is 11.3 Å². The molecule has 1 aliphatic rings. The first kappa shape index (κ1) is 12.6. The van der Waals surface area contributed by atoms with Gasteiger partial charge < -0.3 is 4.74 Å². The molecule has 0 aliphatic heterocycles. The van der Waals surface area contributed by atoms with Crippen LogP contribution < -0.4 is 0 Å². The smallest absolute Gasteiger partial charge is 0.116 e. The highest BCUT2D eigenvalue weighted by molar-refractivity contribution is 5.39. The monoisotopic (exact) mass is 241 g/mol. The van der Waals surface area contributed by atoms with Crippen molar-refractivity contribution in [2.45, 2.75) is 25.2 Å². The highest BCUT2D eigenvalue weighted by Crippen LogP contribution is 2.39. The van der Waals surface area contributed by atoms with Gasteiger partial charge >= 0.3 is 0 Å². The predicted octanol–water partition coefficient (Wildman–Crippen LogP) is 4.07. The molecule has 0 radical (unpaired) electrons. The molecule has 0 amide bonds. The third-order valence-electron chi connectivity index (χ3n) is 3.57. The number of hydrogen-bond acceptors (Lipinski definition) is 2.